The maximum atomic E-state index is 11.4. The molecule has 6 rings (SSSR count). The van der Waals surface area contributed by atoms with E-state index in [-0.39, 0.29) is 60.7 Å². The Bertz CT molecular complexity index is 1510. The van der Waals surface area contributed by atoms with E-state index in [4.69, 9.17) is 34.8 Å². The van der Waals surface area contributed by atoms with E-state index in [1.807, 2.05) is 0 Å². The van der Waals surface area contributed by atoms with Gasteiger partial charge in [0.1, 0.15) is 12.2 Å². The lowest BCUT2D eigenvalue weighted by Crippen LogP contribution is -2.51. The van der Waals surface area contributed by atoms with Crippen molar-refractivity contribution in [2.75, 3.05) is 19.8 Å². The predicted octanol–water partition coefficient (Wildman–Crippen LogP) is 5.12. The van der Waals surface area contributed by atoms with E-state index < -0.39 is 79.9 Å². The Morgan fingerprint density at radius 1 is 0.823 bits per heavy atom. The molecular formula is C49H82O13. The molecule has 0 aromatic heterocycles. The van der Waals surface area contributed by atoms with Crippen LogP contribution in [0.4, 0.5) is 0 Å². The zero-order valence-electron chi connectivity index (χ0n) is 38.7. The van der Waals surface area contributed by atoms with Crippen LogP contribution in [-0.2, 0) is 28.4 Å². The van der Waals surface area contributed by atoms with E-state index in [2.05, 4.69) is 46.6 Å². The number of hydrogen-bond donors (Lipinski definition) is 7. The van der Waals surface area contributed by atoms with E-state index in [1.165, 1.54) is 5.57 Å². The van der Waals surface area contributed by atoms with Crippen LogP contribution in [0.25, 0.3) is 0 Å². The highest BCUT2D eigenvalue weighted by atomic mass is 16.7. The second-order valence-corrected chi connectivity index (χ2v) is 21.7. The molecule has 0 spiro atoms. The molecule has 2 saturated carbocycles. The molecule has 5 fully saturated rings. The van der Waals surface area contributed by atoms with Crippen LogP contribution in [0.2, 0.25) is 0 Å². The van der Waals surface area contributed by atoms with Gasteiger partial charge in [0.15, 0.2) is 18.9 Å². The molecule has 3 aliphatic heterocycles. The molecule has 3 unspecified atom stereocenters. The third-order valence-electron chi connectivity index (χ3n) is 16.8. The Labute approximate surface area is 371 Å². The van der Waals surface area contributed by atoms with Crippen molar-refractivity contribution < 1.29 is 64.2 Å². The standard InChI is InChI=1S/C49H82O13/c1-9-30(13-17-42(47(5,6)56)62-44-24-33(53)22-35(59-44)28-57-45-39(55)25-38(54)40(27-51)60-45)37-18-20-48(7)29(2)12-15-36-31(11-10-19-49(37,48)8)14-16-41(46(36,3)4)61-43-23-32(52)21-34(26-50)58-43/h1,15,29-35,37-45,50-56H,10-14,16-28H2,2-8H3/b36-15+/t29?,30-,31?,32+,33+,34+,35+,37?,38+,39-,40-,41+,42-,43+,44+,45-,48+,49-/m1/s1. The summed E-state index contributed by atoms with van der Waals surface area (Å²) in [7, 11) is 0. The van der Waals surface area contributed by atoms with Crippen molar-refractivity contribution in [3.05, 3.63) is 11.6 Å². The van der Waals surface area contributed by atoms with Crippen molar-refractivity contribution >= 4 is 0 Å². The molecule has 3 aliphatic carbocycles. The van der Waals surface area contributed by atoms with Gasteiger partial charge in [0, 0.05) is 43.4 Å². The van der Waals surface area contributed by atoms with E-state index in [0.717, 1.165) is 51.4 Å². The van der Waals surface area contributed by atoms with E-state index >= 15 is 0 Å². The summed E-state index contributed by atoms with van der Waals surface area (Å²) in [5.74, 6) is 4.40. The van der Waals surface area contributed by atoms with Gasteiger partial charge in [0.2, 0.25) is 0 Å². The molecule has 6 aliphatic rings. The van der Waals surface area contributed by atoms with Gasteiger partial charge in [-0.3, -0.25) is 0 Å². The number of allylic oxidation sites excluding steroid dienone is 1. The highest BCUT2D eigenvalue weighted by Gasteiger charge is 2.58. The fourth-order valence-electron chi connectivity index (χ4n) is 12.6. The Morgan fingerprint density at radius 2 is 1.52 bits per heavy atom. The minimum atomic E-state index is -1.22. The first kappa shape index (κ1) is 50.2. The summed E-state index contributed by atoms with van der Waals surface area (Å²) < 4.78 is 36.8. The van der Waals surface area contributed by atoms with Crippen molar-refractivity contribution in [1.82, 2.24) is 0 Å². The molecule has 7 N–H and O–H groups in total. The molecule has 0 aromatic rings. The summed E-state index contributed by atoms with van der Waals surface area (Å²) in [6.45, 7) is 15.0. The van der Waals surface area contributed by atoms with Crippen LogP contribution in [0.1, 0.15) is 145 Å². The molecule has 13 heteroatoms. The number of fused-ring (bicyclic) bond motifs is 2. The molecule has 13 nitrogen and oxygen atoms in total. The van der Waals surface area contributed by atoms with Crippen LogP contribution in [0.15, 0.2) is 11.6 Å². The zero-order chi connectivity index (χ0) is 45.2. The average Bonchev–Trinajstić information content (AvgIpc) is 3.47. The molecule has 62 heavy (non-hydrogen) atoms. The van der Waals surface area contributed by atoms with Gasteiger partial charge in [-0.2, -0.15) is 0 Å². The van der Waals surface area contributed by atoms with Gasteiger partial charge in [0.05, 0.1) is 68.1 Å². The van der Waals surface area contributed by atoms with E-state index in [0.29, 0.717) is 43.4 Å². The first-order valence-electron chi connectivity index (χ1n) is 23.9. The fourth-order valence-corrected chi connectivity index (χ4v) is 12.6. The lowest BCUT2D eigenvalue weighted by molar-refractivity contribution is -0.296. The largest absolute Gasteiger partial charge is 0.394 e. The first-order chi connectivity index (χ1) is 29.2. The minimum Gasteiger partial charge on any atom is -0.394 e. The summed E-state index contributed by atoms with van der Waals surface area (Å²) in [6.07, 6.45) is 11.7. The van der Waals surface area contributed by atoms with Gasteiger partial charge in [-0.05, 0) is 100 Å². The van der Waals surface area contributed by atoms with Gasteiger partial charge < -0.3 is 64.2 Å². The quantitative estimate of drug-likeness (QED) is 0.0898. The summed E-state index contributed by atoms with van der Waals surface area (Å²) in [4.78, 5) is 0. The van der Waals surface area contributed by atoms with Crippen molar-refractivity contribution in [3.63, 3.8) is 0 Å². The lowest BCUT2D eigenvalue weighted by atomic mass is 9.53. The van der Waals surface area contributed by atoms with Gasteiger partial charge >= 0.3 is 0 Å². The fraction of sp³-hybridized carbons (Fsp3) is 0.918. The Balaban J connectivity index is 1.09. The number of aliphatic hydroxyl groups is 7. The second kappa shape index (κ2) is 20.7. The van der Waals surface area contributed by atoms with Crippen molar-refractivity contribution in [3.8, 4) is 12.3 Å². The summed E-state index contributed by atoms with van der Waals surface area (Å²) >= 11 is 0. The van der Waals surface area contributed by atoms with Crippen LogP contribution >= 0.6 is 0 Å². The van der Waals surface area contributed by atoms with Crippen LogP contribution in [0.5, 0.6) is 0 Å². The summed E-state index contributed by atoms with van der Waals surface area (Å²) in [5, 5.41) is 72.5. The van der Waals surface area contributed by atoms with Gasteiger partial charge in [-0.15, -0.1) is 12.3 Å². The first-order valence-corrected chi connectivity index (χ1v) is 23.9. The maximum Gasteiger partial charge on any atom is 0.184 e. The zero-order valence-corrected chi connectivity index (χ0v) is 38.7. The highest BCUT2D eigenvalue weighted by molar-refractivity contribution is 5.23. The van der Waals surface area contributed by atoms with Crippen LogP contribution < -0.4 is 0 Å². The predicted molar refractivity (Wildman–Crippen MR) is 232 cm³/mol. The van der Waals surface area contributed by atoms with Gasteiger partial charge in [0.25, 0.3) is 0 Å². The number of hydrogen-bond acceptors (Lipinski definition) is 13. The van der Waals surface area contributed by atoms with Crippen LogP contribution in [0.3, 0.4) is 0 Å². The highest BCUT2D eigenvalue weighted by Crippen LogP contribution is 2.65. The van der Waals surface area contributed by atoms with Gasteiger partial charge in [-0.25, -0.2) is 0 Å². The lowest BCUT2D eigenvalue weighted by Gasteiger charge is -2.52. The molecule has 0 aromatic carbocycles. The van der Waals surface area contributed by atoms with Crippen molar-refractivity contribution in [2.24, 2.45) is 39.9 Å². The topological polar surface area (TPSA) is 197 Å². The summed E-state index contributed by atoms with van der Waals surface area (Å²) in [6, 6.07) is 0. The number of aliphatic hydroxyl groups excluding tert-OH is 6. The second-order valence-electron chi connectivity index (χ2n) is 21.7. The van der Waals surface area contributed by atoms with Crippen LogP contribution in [-0.4, -0.2) is 135 Å². The number of ether oxygens (including phenoxy) is 6. The van der Waals surface area contributed by atoms with Crippen molar-refractivity contribution in [2.45, 2.75) is 224 Å². The third kappa shape index (κ3) is 11.1. The molecule has 0 bridgehead atoms. The number of rotatable bonds is 14. The smallest absolute Gasteiger partial charge is 0.184 e. The minimum absolute atomic E-state index is 0.00463. The normalized spacial score (nSPS) is 44.8. The molecule has 3 saturated heterocycles. The maximum absolute atomic E-state index is 11.4. The molecule has 0 amide bonds. The Kier molecular flexibility index (Phi) is 16.8. The van der Waals surface area contributed by atoms with E-state index in [1.54, 1.807) is 13.8 Å². The monoisotopic (exact) mass is 879 g/mol. The average molecular weight is 879 g/mol. The Morgan fingerprint density at radius 3 is 2.19 bits per heavy atom. The Hall–Kier alpha value is -1.22. The molecule has 0 radical (unpaired) electrons. The molecule has 3 heterocycles. The molecule has 356 valence electrons. The van der Waals surface area contributed by atoms with Crippen LogP contribution in [0, 0.1) is 52.3 Å². The molecular weight excluding hydrogens is 797 g/mol. The molecule has 18 atom stereocenters. The van der Waals surface area contributed by atoms with Gasteiger partial charge in [-0.1, -0.05) is 52.7 Å². The van der Waals surface area contributed by atoms with E-state index in [9.17, 15) is 35.7 Å². The third-order valence-corrected chi connectivity index (χ3v) is 16.8. The number of terminal acetylenes is 1. The SMILES string of the molecule is C#C[C@H](CC[C@@H](O[C@H]1C[C@@H](O)C[C@@H](CO[C@@H]2O[C@H](CO)[C@@H](O)C[C@H]2O)O1)C(C)(C)O)C1CC[C@@]2(C)C(C)C/C=C3\C(CCC[C@]12C)CC[C@H](O[C@H]1C[C@@H](O)C[C@@H](CO)O1)C3(C)C. The summed E-state index contributed by atoms with van der Waals surface area (Å²) in [5.41, 5.74) is 0.136. The van der Waals surface area contributed by atoms with Crippen molar-refractivity contribution in [1.29, 1.82) is 0 Å².